The SMILES string of the molecule is Cc1ccsc1C(O)C1CCC(C(C)C)CC1. The largest absolute Gasteiger partial charge is 0.387 e. The highest BCUT2D eigenvalue weighted by atomic mass is 32.1. The zero-order valence-corrected chi connectivity index (χ0v) is 12.0. The van der Waals surface area contributed by atoms with Crippen LogP contribution < -0.4 is 0 Å². The number of aryl methyl sites for hydroxylation is 1. The third kappa shape index (κ3) is 2.92. The first-order chi connectivity index (χ1) is 8.09. The lowest BCUT2D eigenvalue weighted by Crippen LogP contribution is -2.22. The first-order valence-corrected chi connectivity index (χ1v) is 7.69. The van der Waals surface area contributed by atoms with Crippen molar-refractivity contribution in [2.24, 2.45) is 17.8 Å². The van der Waals surface area contributed by atoms with E-state index in [1.54, 1.807) is 11.3 Å². The lowest BCUT2D eigenvalue weighted by atomic mass is 9.75. The third-order valence-electron chi connectivity index (χ3n) is 4.38. The van der Waals surface area contributed by atoms with Crippen molar-refractivity contribution in [3.8, 4) is 0 Å². The zero-order valence-electron chi connectivity index (χ0n) is 11.1. The first kappa shape index (κ1) is 13.1. The number of hydrogen-bond donors (Lipinski definition) is 1. The van der Waals surface area contributed by atoms with E-state index in [2.05, 4.69) is 32.2 Å². The number of rotatable bonds is 3. The Kier molecular flexibility index (Phi) is 4.26. The minimum atomic E-state index is -0.219. The average Bonchev–Trinajstić information content (AvgIpc) is 2.74. The van der Waals surface area contributed by atoms with E-state index in [4.69, 9.17) is 0 Å². The van der Waals surface area contributed by atoms with Gasteiger partial charge in [-0.1, -0.05) is 13.8 Å². The second-order valence-corrected chi connectivity index (χ2v) is 6.78. The van der Waals surface area contributed by atoms with Gasteiger partial charge in [0.05, 0.1) is 6.10 Å². The molecule has 2 heteroatoms. The van der Waals surface area contributed by atoms with E-state index in [9.17, 15) is 5.11 Å². The molecule has 1 nitrogen and oxygen atoms in total. The molecule has 1 aromatic rings. The van der Waals surface area contributed by atoms with Gasteiger partial charge in [0.15, 0.2) is 0 Å². The summed E-state index contributed by atoms with van der Waals surface area (Å²) in [5.41, 5.74) is 1.26. The fourth-order valence-corrected chi connectivity index (χ4v) is 4.03. The van der Waals surface area contributed by atoms with Gasteiger partial charge < -0.3 is 5.11 Å². The molecule has 2 rings (SSSR count). The number of aliphatic hydroxyl groups excluding tert-OH is 1. The van der Waals surface area contributed by atoms with Crippen molar-refractivity contribution >= 4 is 11.3 Å². The fraction of sp³-hybridized carbons (Fsp3) is 0.733. The topological polar surface area (TPSA) is 20.2 Å². The van der Waals surface area contributed by atoms with Crippen LogP contribution >= 0.6 is 11.3 Å². The van der Waals surface area contributed by atoms with Gasteiger partial charge in [0.2, 0.25) is 0 Å². The van der Waals surface area contributed by atoms with E-state index < -0.39 is 0 Å². The van der Waals surface area contributed by atoms with Crippen molar-refractivity contribution in [1.29, 1.82) is 0 Å². The summed E-state index contributed by atoms with van der Waals surface area (Å²) in [6.45, 7) is 6.75. The van der Waals surface area contributed by atoms with Crippen molar-refractivity contribution in [3.63, 3.8) is 0 Å². The van der Waals surface area contributed by atoms with Crippen molar-refractivity contribution < 1.29 is 5.11 Å². The zero-order chi connectivity index (χ0) is 12.4. The summed E-state index contributed by atoms with van der Waals surface area (Å²) in [5, 5.41) is 12.5. The Hall–Kier alpha value is -0.340. The molecule has 1 atom stereocenters. The highest BCUT2D eigenvalue weighted by Gasteiger charge is 2.29. The van der Waals surface area contributed by atoms with Gasteiger partial charge >= 0.3 is 0 Å². The van der Waals surface area contributed by atoms with Crippen molar-refractivity contribution in [2.45, 2.75) is 52.6 Å². The summed E-state index contributed by atoms with van der Waals surface area (Å²) < 4.78 is 0. The van der Waals surface area contributed by atoms with Gasteiger partial charge in [-0.15, -0.1) is 11.3 Å². The lowest BCUT2D eigenvalue weighted by Gasteiger charge is -2.33. The van der Waals surface area contributed by atoms with Crippen molar-refractivity contribution in [2.75, 3.05) is 0 Å². The summed E-state index contributed by atoms with van der Waals surface area (Å²) in [6.07, 6.45) is 4.76. The Bertz CT molecular complexity index is 348. The maximum atomic E-state index is 10.5. The number of aliphatic hydroxyl groups is 1. The van der Waals surface area contributed by atoms with Crippen LogP contribution in [0.15, 0.2) is 11.4 Å². The summed E-state index contributed by atoms with van der Waals surface area (Å²) in [4.78, 5) is 1.19. The van der Waals surface area contributed by atoms with Crippen LogP contribution in [0.1, 0.15) is 56.1 Å². The third-order valence-corrected chi connectivity index (χ3v) is 5.47. The molecule has 1 N–H and O–H groups in total. The predicted molar refractivity (Wildman–Crippen MR) is 74.3 cm³/mol. The van der Waals surface area contributed by atoms with Crippen LogP contribution in [0.5, 0.6) is 0 Å². The number of thiophene rings is 1. The molecule has 0 saturated heterocycles. The van der Waals surface area contributed by atoms with Crippen LogP contribution in [-0.4, -0.2) is 5.11 Å². The molecule has 17 heavy (non-hydrogen) atoms. The van der Waals surface area contributed by atoms with Gasteiger partial charge in [-0.3, -0.25) is 0 Å². The van der Waals surface area contributed by atoms with Crippen LogP contribution in [0.4, 0.5) is 0 Å². The first-order valence-electron chi connectivity index (χ1n) is 6.81. The monoisotopic (exact) mass is 252 g/mol. The predicted octanol–water partition coefficient (Wildman–Crippen LogP) is 4.55. The van der Waals surface area contributed by atoms with Gasteiger partial charge in [0.25, 0.3) is 0 Å². The van der Waals surface area contributed by atoms with E-state index in [0.717, 1.165) is 11.8 Å². The Morgan fingerprint density at radius 1 is 1.18 bits per heavy atom. The molecule has 1 fully saturated rings. The van der Waals surface area contributed by atoms with Gasteiger partial charge in [-0.25, -0.2) is 0 Å². The molecule has 1 unspecified atom stereocenters. The molecule has 0 bridgehead atoms. The Labute approximate surface area is 109 Å². The molecule has 1 saturated carbocycles. The fourth-order valence-electron chi connectivity index (χ4n) is 3.03. The summed E-state index contributed by atoms with van der Waals surface area (Å²) in [6, 6.07) is 2.11. The van der Waals surface area contributed by atoms with Gasteiger partial charge in [-0.2, -0.15) is 0 Å². The quantitative estimate of drug-likeness (QED) is 0.836. The van der Waals surface area contributed by atoms with Crippen molar-refractivity contribution in [3.05, 3.63) is 21.9 Å². The second kappa shape index (κ2) is 5.53. The van der Waals surface area contributed by atoms with E-state index in [0.29, 0.717) is 5.92 Å². The molecule has 1 heterocycles. The normalized spacial score (nSPS) is 27.4. The van der Waals surface area contributed by atoms with Crippen LogP contribution in [0, 0.1) is 24.7 Å². The standard InChI is InChI=1S/C15H24OS/c1-10(2)12-4-6-13(7-5-12)14(16)15-11(3)8-9-17-15/h8-10,12-14,16H,4-7H2,1-3H3. The van der Waals surface area contributed by atoms with Crippen molar-refractivity contribution in [1.82, 2.24) is 0 Å². The summed E-state index contributed by atoms with van der Waals surface area (Å²) >= 11 is 1.71. The average molecular weight is 252 g/mol. The molecule has 0 amide bonds. The molecule has 96 valence electrons. The Balaban J connectivity index is 1.95. The van der Waals surface area contributed by atoms with Crippen LogP contribution in [0.2, 0.25) is 0 Å². The maximum Gasteiger partial charge on any atom is 0.0912 e. The molecule has 1 aliphatic rings. The Morgan fingerprint density at radius 3 is 2.24 bits per heavy atom. The Morgan fingerprint density at radius 2 is 1.76 bits per heavy atom. The second-order valence-electron chi connectivity index (χ2n) is 5.83. The molecule has 0 aliphatic heterocycles. The molecule has 1 aromatic heterocycles. The molecule has 1 aliphatic carbocycles. The molecular formula is C15H24OS. The minimum absolute atomic E-state index is 0.219. The van der Waals surface area contributed by atoms with E-state index in [-0.39, 0.29) is 6.10 Å². The number of hydrogen-bond acceptors (Lipinski definition) is 2. The highest BCUT2D eigenvalue weighted by Crippen LogP contribution is 2.41. The smallest absolute Gasteiger partial charge is 0.0912 e. The molecule has 0 spiro atoms. The summed E-state index contributed by atoms with van der Waals surface area (Å²) in [5.74, 6) is 2.17. The lowest BCUT2D eigenvalue weighted by molar-refractivity contribution is 0.0690. The van der Waals surface area contributed by atoms with E-state index in [1.807, 2.05) is 0 Å². The van der Waals surface area contributed by atoms with E-state index in [1.165, 1.54) is 36.1 Å². The van der Waals surface area contributed by atoms with Crippen LogP contribution in [0.25, 0.3) is 0 Å². The van der Waals surface area contributed by atoms with Crippen LogP contribution in [0.3, 0.4) is 0 Å². The van der Waals surface area contributed by atoms with Gasteiger partial charge in [0, 0.05) is 4.88 Å². The molecular weight excluding hydrogens is 228 g/mol. The van der Waals surface area contributed by atoms with Gasteiger partial charge in [0.1, 0.15) is 0 Å². The highest BCUT2D eigenvalue weighted by molar-refractivity contribution is 7.10. The van der Waals surface area contributed by atoms with Crippen LogP contribution in [-0.2, 0) is 0 Å². The molecule has 0 aromatic carbocycles. The summed E-state index contributed by atoms with van der Waals surface area (Å²) in [7, 11) is 0. The van der Waals surface area contributed by atoms with Gasteiger partial charge in [-0.05, 0) is 67.4 Å². The molecule has 0 radical (unpaired) electrons. The minimum Gasteiger partial charge on any atom is -0.387 e. The maximum absolute atomic E-state index is 10.5. The van der Waals surface area contributed by atoms with E-state index >= 15 is 0 Å².